The predicted molar refractivity (Wildman–Crippen MR) is 135 cm³/mol. The van der Waals surface area contributed by atoms with Gasteiger partial charge in [-0.1, -0.05) is 0 Å². The molecule has 3 heterocycles. The number of hydrogen-bond acceptors (Lipinski definition) is 6. The fourth-order valence-electron chi connectivity index (χ4n) is 4.39. The first-order valence-electron chi connectivity index (χ1n) is 11.5. The van der Waals surface area contributed by atoms with Crippen LogP contribution in [0.1, 0.15) is 17.0 Å². The van der Waals surface area contributed by atoms with Crippen LogP contribution in [0.15, 0.2) is 47.7 Å². The molecule has 0 aliphatic rings. The molecule has 5 aromatic rings. The standard InChI is InChI=1S/C25H25FN8O3/c1-14-7-17(16-9-15(2)24(18(26)10-16)37-12-21-27-13-28-30-21)23-19(8-14)34(25(36)33(23)4)11-22(35)29-20-5-6-32(3)31-20/h5-10,13H,11-12H2,1-4H3,(H,27,28,30)(H,29,31,35). The molecular formula is C25H25FN8O3. The van der Waals surface area contributed by atoms with Gasteiger partial charge in [0, 0.05) is 31.9 Å². The molecule has 0 bridgehead atoms. The molecule has 0 atom stereocenters. The minimum atomic E-state index is -0.539. The van der Waals surface area contributed by atoms with Crippen LogP contribution in [0.3, 0.4) is 0 Å². The minimum Gasteiger partial charge on any atom is -0.482 e. The average Bonchev–Trinajstić information content (AvgIpc) is 3.56. The number of aromatic nitrogens is 7. The van der Waals surface area contributed by atoms with Crippen molar-refractivity contribution in [3.63, 3.8) is 0 Å². The summed E-state index contributed by atoms with van der Waals surface area (Å²) in [6, 6.07) is 8.59. The normalized spacial score (nSPS) is 11.3. The van der Waals surface area contributed by atoms with Gasteiger partial charge >= 0.3 is 5.69 Å². The van der Waals surface area contributed by atoms with Crippen LogP contribution >= 0.6 is 0 Å². The van der Waals surface area contributed by atoms with E-state index in [1.54, 1.807) is 38.0 Å². The maximum absolute atomic E-state index is 15.2. The number of nitrogens with one attached hydrogen (secondary N) is 2. The number of ether oxygens (including phenoxy) is 1. The highest BCUT2D eigenvalue weighted by Crippen LogP contribution is 2.34. The predicted octanol–water partition coefficient (Wildman–Crippen LogP) is 2.83. The number of fused-ring (bicyclic) bond motifs is 1. The molecule has 1 amide bonds. The average molecular weight is 505 g/mol. The van der Waals surface area contributed by atoms with E-state index in [0.29, 0.717) is 39.4 Å². The lowest BCUT2D eigenvalue weighted by atomic mass is 9.99. The molecule has 2 N–H and O–H groups in total. The zero-order valence-electron chi connectivity index (χ0n) is 20.7. The Kier molecular flexibility index (Phi) is 6.07. The molecule has 0 aliphatic heterocycles. The number of halogens is 1. The summed E-state index contributed by atoms with van der Waals surface area (Å²) in [6.45, 7) is 3.49. The Morgan fingerprint density at radius 1 is 1.19 bits per heavy atom. The highest BCUT2D eigenvalue weighted by atomic mass is 19.1. The van der Waals surface area contributed by atoms with Crippen molar-refractivity contribution in [2.24, 2.45) is 14.1 Å². The molecule has 0 fully saturated rings. The van der Waals surface area contributed by atoms with E-state index in [0.717, 1.165) is 5.56 Å². The van der Waals surface area contributed by atoms with Crippen molar-refractivity contribution < 1.29 is 13.9 Å². The molecule has 3 aromatic heterocycles. The van der Waals surface area contributed by atoms with E-state index in [1.165, 1.54) is 21.5 Å². The van der Waals surface area contributed by atoms with Crippen LogP contribution in [0.25, 0.3) is 22.2 Å². The number of rotatable bonds is 7. The summed E-state index contributed by atoms with van der Waals surface area (Å²) in [5.41, 5.74) is 3.50. The van der Waals surface area contributed by atoms with Gasteiger partial charge in [-0.05, 0) is 54.8 Å². The third-order valence-electron chi connectivity index (χ3n) is 6.02. The molecule has 11 nitrogen and oxygen atoms in total. The van der Waals surface area contributed by atoms with E-state index in [9.17, 15) is 9.59 Å². The van der Waals surface area contributed by atoms with Crippen molar-refractivity contribution in [3.05, 3.63) is 76.1 Å². The zero-order chi connectivity index (χ0) is 26.3. The first kappa shape index (κ1) is 24.0. The third kappa shape index (κ3) is 4.60. The lowest BCUT2D eigenvalue weighted by Gasteiger charge is -2.13. The van der Waals surface area contributed by atoms with Crippen molar-refractivity contribution in [2.75, 3.05) is 5.32 Å². The summed E-state index contributed by atoms with van der Waals surface area (Å²) in [5.74, 6) is 0.0671. The molecule has 37 heavy (non-hydrogen) atoms. The van der Waals surface area contributed by atoms with Gasteiger partial charge in [0.1, 0.15) is 19.5 Å². The molecule has 12 heteroatoms. The third-order valence-corrected chi connectivity index (χ3v) is 6.02. The quantitative estimate of drug-likeness (QED) is 0.351. The van der Waals surface area contributed by atoms with Crippen molar-refractivity contribution in [1.29, 1.82) is 0 Å². The second kappa shape index (κ2) is 9.37. The van der Waals surface area contributed by atoms with Crippen LogP contribution in [-0.4, -0.2) is 40.0 Å². The van der Waals surface area contributed by atoms with E-state index in [1.807, 2.05) is 25.1 Å². The van der Waals surface area contributed by atoms with Crippen molar-refractivity contribution in [3.8, 4) is 16.9 Å². The topological polar surface area (TPSA) is 125 Å². The number of anilines is 1. The first-order valence-corrected chi connectivity index (χ1v) is 11.5. The number of carbonyl (C=O) groups excluding carboxylic acids is 1. The van der Waals surface area contributed by atoms with E-state index in [-0.39, 0.29) is 30.5 Å². The Bertz CT molecular complexity index is 1660. The number of benzene rings is 2. The van der Waals surface area contributed by atoms with Crippen LogP contribution in [-0.2, 0) is 32.0 Å². The summed E-state index contributed by atoms with van der Waals surface area (Å²) in [6.07, 6.45) is 3.06. The number of imidazole rings is 1. The maximum atomic E-state index is 15.2. The minimum absolute atomic E-state index is 0.0454. The summed E-state index contributed by atoms with van der Waals surface area (Å²) >= 11 is 0. The maximum Gasteiger partial charge on any atom is 0.329 e. The van der Waals surface area contributed by atoms with Crippen LogP contribution in [0, 0.1) is 19.7 Å². The number of aryl methyl sites for hydroxylation is 4. The highest BCUT2D eigenvalue weighted by molar-refractivity contribution is 5.95. The van der Waals surface area contributed by atoms with E-state index < -0.39 is 5.82 Å². The molecule has 190 valence electrons. The van der Waals surface area contributed by atoms with Gasteiger partial charge in [0.05, 0.1) is 11.0 Å². The molecule has 0 unspecified atom stereocenters. The van der Waals surface area contributed by atoms with Gasteiger partial charge in [-0.15, -0.1) is 0 Å². The van der Waals surface area contributed by atoms with Crippen LogP contribution in [0.2, 0.25) is 0 Å². The SMILES string of the molecule is Cc1cc(-c2cc(C)c(OCc3ncn[nH]3)c(F)c2)c2c(c1)n(CC(=O)Nc1ccn(C)n1)c(=O)n2C. The van der Waals surface area contributed by atoms with Gasteiger partial charge in [-0.25, -0.2) is 14.2 Å². The van der Waals surface area contributed by atoms with E-state index in [2.05, 4.69) is 25.6 Å². The summed E-state index contributed by atoms with van der Waals surface area (Å²) in [7, 11) is 3.38. The zero-order valence-corrected chi connectivity index (χ0v) is 20.7. The molecule has 0 saturated heterocycles. The fraction of sp³-hybridized carbons (Fsp3) is 0.240. The highest BCUT2D eigenvalue weighted by Gasteiger charge is 2.20. The van der Waals surface area contributed by atoms with E-state index >= 15 is 4.39 Å². The van der Waals surface area contributed by atoms with Crippen molar-refractivity contribution in [2.45, 2.75) is 27.0 Å². The fourth-order valence-corrected chi connectivity index (χ4v) is 4.39. The number of nitrogens with zero attached hydrogens (tertiary/aromatic N) is 6. The van der Waals surface area contributed by atoms with E-state index in [4.69, 9.17) is 4.74 Å². The van der Waals surface area contributed by atoms with Crippen molar-refractivity contribution in [1.82, 2.24) is 34.1 Å². The second-order valence-electron chi connectivity index (χ2n) is 8.86. The summed E-state index contributed by atoms with van der Waals surface area (Å²) in [5, 5.41) is 13.3. The Hall–Kier alpha value is -4.74. The Morgan fingerprint density at radius 3 is 2.68 bits per heavy atom. The molecule has 0 saturated carbocycles. The Labute approximate surface area is 210 Å². The van der Waals surface area contributed by atoms with Gasteiger partial charge in [0.25, 0.3) is 0 Å². The largest absolute Gasteiger partial charge is 0.482 e. The molecule has 0 spiro atoms. The first-order chi connectivity index (χ1) is 17.7. The molecular weight excluding hydrogens is 479 g/mol. The lowest BCUT2D eigenvalue weighted by molar-refractivity contribution is -0.116. The Morgan fingerprint density at radius 2 is 2.00 bits per heavy atom. The number of carbonyl (C=O) groups is 1. The second-order valence-corrected chi connectivity index (χ2v) is 8.86. The number of hydrogen-bond donors (Lipinski definition) is 2. The van der Waals surface area contributed by atoms with Gasteiger partial charge in [0.2, 0.25) is 5.91 Å². The molecule has 5 rings (SSSR count). The molecule has 2 aromatic carbocycles. The van der Waals surface area contributed by atoms with Crippen LogP contribution in [0.5, 0.6) is 5.75 Å². The smallest absolute Gasteiger partial charge is 0.329 e. The number of H-pyrrole nitrogens is 1. The van der Waals surface area contributed by atoms with Gasteiger partial charge < -0.3 is 10.1 Å². The molecule has 0 aliphatic carbocycles. The van der Waals surface area contributed by atoms with Crippen LogP contribution < -0.4 is 15.7 Å². The molecule has 0 radical (unpaired) electrons. The van der Waals surface area contributed by atoms with Gasteiger partial charge in [-0.3, -0.25) is 23.7 Å². The Balaban J connectivity index is 1.52. The summed E-state index contributed by atoms with van der Waals surface area (Å²) < 4.78 is 25.3. The summed E-state index contributed by atoms with van der Waals surface area (Å²) in [4.78, 5) is 29.9. The van der Waals surface area contributed by atoms with Gasteiger partial charge in [0.15, 0.2) is 23.2 Å². The van der Waals surface area contributed by atoms with Crippen molar-refractivity contribution >= 4 is 22.8 Å². The number of aromatic amines is 1. The van der Waals surface area contributed by atoms with Crippen LogP contribution in [0.4, 0.5) is 10.2 Å². The monoisotopic (exact) mass is 504 g/mol. The number of amides is 1. The van der Waals surface area contributed by atoms with Gasteiger partial charge in [-0.2, -0.15) is 10.2 Å². The lowest BCUT2D eigenvalue weighted by Crippen LogP contribution is -2.28.